The number of hydrogen-bond donors (Lipinski definition) is 1. The zero-order chi connectivity index (χ0) is 13.7. The third-order valence-electron chi connectivity index (χ3n) is 2.88. The fourth-order valence-electron chi connectivity index (χ4n) is 1.85. The summed E-state index contributed by atoms with van der Waals surface area (Å²) in [5.74, 6) is 2.44. The van der Waals surface area contributed by atoms with Gasteiger partial charge < -0.3 is 19.6 Å². The van der Waals surface area contributed by atoms with E-state index < -0.39 is 0 Å². The normalized spacial score (nSPS) is 12.4. The lowest BCUT2D eigenvalue weighted by molar-refractivity contribution is 0.0308. The highest BCUT2D eigenvalue weighted by atomic mass is 16.5. The minimum Gasteiger partial charge on any atom is -0.497 e. The van der Waals surface area contributed by atoms with Crippen molar-refractivity contribution in [2.45, 2.75) is 19.6 Å². The maximum atomic E-state index is 5.80. The summed E-state index contributed by atoms with van der Waals surface area (Å²) in [5, 5.41) is 0. The number of hydrogen-bond acceptors (Lipinski definition) is 4. The molecule has 19 heavy (non-hydrogen) atoms. The molecule has 1 atom stereocenters. The predicted molar refractivity (Wildman–Crippen MR) is 73.0 cm³/mol. The van der Waals surface area contributed by atoms with Crippen molar-refractivity contribution < 1.29 is 13.9 Å². The van der Waals surface area contributed by atoms with Crippen LogP contribution < -0.4 is 10.5 Å². The topological polar surface area (TPSA) is 57.6 Å². The quantitative estimate of drug-likeness (QED) is 0.868. The van der Waals surface area contributed by atoms with Gasteiger partial charge in [0.05, 0.1) is 13.7 Å². The molecule has 4 nitrogen and oxygen atoms in total. The van der Waals surface area contributed by atoms with E-state index in [-0.39, 0.29) is 6.10 Å². The highest BCUT2D eigenvalue weighted by Crippen LogP contribution is 2.21. The maximum absolute atomic E-state index is 5.80. The Morgan fingerprint density at radius 2 is 2.11 bits per heavy atom. The Kier molecular flexibility index (Phi) is 4.60. The lowest BCUT2D eigenvalue weighted by Gasteiger charge is -2.14. The first kappa shape index (κ1) is 13.6. The molecule has 2 aromatic rings. The van der Waals surface area contributed by atoms with E-state index in [0.717, 1.165) is 22.8 Å². The van der Waals surface area contributed by atoms with E-state index in [1.165, 1.54) is 0 Å². The smallest absolute Gasteiger partial charge is 0.134 e. The molecule has 1 aromatic carbocycles. The summed E-state index contributed by atoms with van der Waals surface area (Å²) in [7, 11) is 1.65. The molecule has 4 heteroatoms. The first-order valence-corrected chi connectivity index (χ1v) is 6.24. The Bertz CT molecular complexity index is 522. The lowest BCUT2D eigenvalue weighted by Crippen LogP contribution is -2.15. The summed E-state index contributed by atoms with van der Waals surface area (Å²) >= 11 is 0. The molecule has 0 fully saturated rings. The van der Waals surface area contributed by atoms with Gasteiger partial charge in [-0.05, 0) is 36.8 Å². The van der Waals surface area contributed by atoms with Gasteiger partial charge in [-0.15, -0.1) is 0 Å². The molecule has 0 bridgehead atoms. The largest absolute Gasteiger partial charge is 0.497 e. The second-order valence-electron chi connectivity index (χ2n) is 4.34. The summed E-state index contributed by atoms with van der Waals surface area (Å²) in [6.07, 6.45) is -0.222. The monoisotopic (exact) mass is 261 g/mol. The third kappa shape index (κ3) is 3.59. The Balaban J connectivity index is 1.99. The van der Waals surface area contributed by atoms with Crippen molar-refractivity contribution in [3.63, 3.8) is 0 Å². The van der Waals surface area contributed by atoms with Crippen molar-refractivity contribution in [2.75, 3.05) is 13.7 Å². The highest BCUT2D eigenvalue weighted by molar-refractivity contribution is 5.27. The van der Waals surface area contributed by atoms with E-state index in [2.05, 4.69) is 0 Å². The Hall–Kier alpha value is -1.78. The fourth-order valence-corrected chi connectivity index (χ4v) is 1.85. The molecule has 0 aliphatic heterocycles. The van der Waals surface area contributed by atoms with Gasteiger partial charge in [0, 0.05) is 6.54 Å². The van der Waals surface area contributed by atoms with Gasteiger partial charge in [0.1, 0.15) is 23.4 Å². The second-order valence-corrected chi connectivity index (χ2v) is 4.34. The summed E-state index contributed by atoms with van der Waals surface area (Å²) < 4.78 is 16.5. The highest BCUT2D eigenvalue weighted by Gasteiger charge is 2.14. The molecule has 0 amide bonds. The zero-order valence-electron chi connectivity index (χ0n) is 11.3. The number of methoxy groups -OCH3 is 1. The maximum Gasteiger partial charge on any atom is 0.134 e. The van der Waals surface area contributed by atoms with Crippen LogP contribution in [0.1, 0.15) is 23.2 Å². The molecule has 2 N–H and O–H groups in total. The first-order chi connectivity index (χ1) is 9.22. The molecule has 0 spiro atoms. The number of aryl methyl sites for hydroxylation is 1. The van der Waals surface area contributed by atoms with E-state index in [1.54, 1.807) is 7.11 Å². The van der Waals surface area contributed by atoms with Gasteiger partial charge in [-0.1, -0.05) is 12.1 Å². The second kappa shape index (κ2) is 6.41. The van der Waals surface area contributed by atoms with Crippen LogP contribution in [0.3, 0.4) is 0 Å². The average molecular weight is 261 g/mol. The molecule has 0 aliphatic rings. The molecule has 1 unspecified atom stereocenters. The van der Waals surface area contributed by atoms with Crippen molar-refractivity contribution in [1.82, 2.24) is 0 Å². The van der Waals surface area contributed by atoms with Crippen molar-refractivity contribution in [2.24, 2.45) is 5.73 Å². The van der Waals surface area contributed by atoms with E-state index in [4.69, 9.17) is 19.6 Å². The number of ether oxygens (including phenoxy) is 2. The number of benzene rings is 1. The van der Waals surface area contributed by atoms with Gasteiger partial charge in [0.15, 0.2) is 0 Å². The molecule has 0 radical (unpaired) electrons. The van der Waals surface area contributed by atoms with Crippen LogP contribution in [0.5, 0.6) is 5.75 Å². The van der Waals surface area contributed by atoms with Crippen molar-refractivity contribution in [3.8, 4) is 5.75 Å². The van der Waals surface area contributed by atoms with Crippen molar-refractivity contribution in [1.29, 1.82) is 0 Å². The molecule has 1 aromatic heterocycles. The summed E-state index contributed by atoms with van der Waals surface area (Å²) in [4.78, 5) is 0. The third-order valence-corrected chi connectivity index (χ3v) is 2.88. The van der Waals surface area contributed by atoms with E-state index in [0.29, 0.717) is 13.2 Å². The molecule has 1 heterocycles. The van der Waals surface area contributed by atoms with Crippen LogP contribution in [-0.4, -0.2) is 13.7 Å². The van der Waals surface area contributed by atoms with Gasteiger partial charge in [-0.25, -0.2) is 0 Å². The van der Waals surface area contributed by atoms with Crippen molar-refractivity contribution in [3.05, 3.63) is 53.5 Å². The van der Waals surface area contributed by atoms with Gasteiger partial charge in [-0.3, -0.25) is 0 Å². The Labute approximate surface area is 113 Å². The molecule has 0 saturated heterocycles. The number of furan rings is 1. The summed E-state index contributed by atoms with van der Waals surface area (Å²) in [6.45, 7) is 2.76. The van der Waals surface area contributed by atoms with Crippen molar-refractivity contribution >= 4 is 0 Å². The molecule has 102 valence electrons. The fraction of sp³-hybridized carbons (Fsp3) is 0.333. The summed E-state index contributed by atoms with van der Waals surface area (Å²) in [5.41, 5.74) is 6.77. The van der Waals surface area contributed by atoms with Crippen LogP contribution >= 0.6 is 0 Å². The minimum absolute atomic E-state index is 0.222. The molecular weight excluding hydrogens is 242 g/mol. The van der Waals surface area contributed by atoms with Crippen LogP contribution in [-0.2, 0) is 11.3 Å². The first-order valence-electron chi connectivity index (χ1n) is 6.24. The van der Waals surface area contributed by atoms with E-state index in [9.17, 15) is 0 Å². The summed E-state index contributed by atoms with van der Waals surface area (Å²) in [6, 6.07) is 11.6. The minimum atomic E-state index is -0.222. The van der Waals surface area contributed by atoms with Gasteiger partial charge >= 0.3 is 0 Å². The van der Waals surface area contributed by atoms with Crippen LogP contribution in [0.4, 0.5) is 0 Å². The van der Waals surface area contributed by atoms with Crippen LogP contribution in [0.15, 0.2) is 40.8 Å². The standard InChI is InChI=1S/C15H19NO3/c1-11-6-7-14(19-11)15(9-16)18-10-12-4-3-5-13(8-12)17-2/h3-8,15H,9-10,16H2,1-2H3. The molecular formula is C15H19NO3. The molecule has 0 aliphatic carbocycles. The Morgan fingerprint density at radius 3 is 2.74 bits per heavy atom. The SMILES string of the molecule is COc1cccc(COC(CN)c2ccc(C)o2)c1. The van der Waals surface area contributed by atoms with Crippen LogP contribution in [0.25, 0.3) is 0 Å². The number of rotatable bonds is 6. The van der Waals surface area contributed by atoms with Gasteiger partial charge in [-0.2, -0.15) is 0 Å². The number of nitrogens with two attached hydrogens (primary N) is 1. The lowest BCUT2D eigenvalue weighted by atomic mass is 10.2. The van der Waals surface area contributed by atoms with Gasteiger partial charge in [0.25, 0.3) is 0 Å². The zero-order valence-corrected chi connectivity index (χ0v) is 11.3. The average Bonchev–Trinajstić information content (AvgIpc) is 2.86. The molecule has 0 saturated carbocycles. The van der Waals surface area contributed by atoms with Crippen LogP contribution in [0, 0.1) is 6.92 Å². The Morgan fingerprint density at radius 1 is 1.26 bits per heavy atom. The van der Waals surface area contributed by atoms with E-state index in [1.807, 2.05) is 43.3 Å². The van der Waals surface area contributed by atoms with E-state index >= 15 is 0 Å². The van der Waals surface area contributed by atoms with Crippen LogP contribution in [0.2, 0.25) is 0 Å². The van der Waals surface area contributed by atoms with Gasteiger partial charge in [0.2, 0.25) is 0 Å². The predicted octanol–water partition coefficient (Wildman–Crippen LogP) is 2.81. The molecule has 2 rings (SSSR count).